The van der Waals surface area contributed by atoms with E-state index in [4.69, 9.17) is 22.6 Å². The van der Waals surface area contributed by atoms with E-state index in [1.165, 1.54) is 4.42 Å². The van der Waals surface area contributed by atoms with Crippen LogP contribution in [0, 0.1) is 0 Å². The first-order chi connectivity index (χ1) is 3.72. The molecular weight excluding hydrogens is 128 g/mol. The Morgan fingerprint density at radius 1 is 1.75 bits per heavy atom. The molecule has 0 radical (unpaired) electrons. The van der Waals surface area contributed by atoms with Crippen molar-refractivity contribution in [1.29, 1.82) is 0 Å². The first-order valence-electron chi connectivity index (χ1n) is 2.58. The van der Waals surface area contributed by atoms with Gasteiger partial charge in [0, 0.05) is 6.54 Å². The molecule has 8 heavy (non-hydrogen) atoms. The maximum atomic E-state index is 8.92. The molecule has 1 aliphatic rings. The normalized spacial score (nSPS) is 40.9. The number of hydrogen-bond acceptors (Lipinski definition) is 3. The van der Waals surface area contributed by atoms with Gasteiger partial charge in [-0.2, -0.15) is 0 Å². The monoisotopic (exact) mass is 136 g/mol. The number of halogens is 1. The van der Waals surface area contributed by atoms with Crippen LogP contribution in [0.4, 0.5) is 0 Å². The fourth-order valence-corrected chi connectivity index (χ4v) is 0.990. The van der Waals surface area contributed by atoms with Gasteiger partial charge in [-0.15, -0.1) is 0 Å². The molecular formula is C4H9ClN2O. The Balaban J connectivity index is 2.44. The van der Waals surface area contributed by atoms with E-state index in [0.29, 0.717) is 13.0 Å². The van der Waals surface area contributed by atoms with Crippen molar-refractivity contribution in [2.24, 2.45) is 5.73 Å². The topological polar surface area (TPSA) is 49.5 Å². The van der Waals surface area contributed by atoms with Crippen LogP contribution >= 0.6 is 11.8 Å². The largest absolute Gasteiger partial charge is 0.390 e. The number of nitrogens with zero attached hydrogens (tertiary/aromatic N) is 1. The number of aliphatic hydroxyl groups excluding tert-OH is 1. The maximum absolute atomic E-state index is 8.92. The van der Waals surface area contributed by atoms with E-state index in [9.17, 15) is 0 Å². The Bertz CT molecular complexity index is 80.1. The molecule has 0 aromatic carbocycles. The van der Waals surface area contributed by atoms with Crippen LogP contribution in [-0.2, 0) is 0 Å². The SMILES string of the molecule is NC1C(O)CCN1Cl. The zero-order valence-corrected chi connectivity index (χ0v) is 5.17. The molecule has 0 saturated carbocycles. The lowest BCUT2D eigenvalue weighted by molar-refractivity contribution is 0.146. The first-order valence-corrected chi connectivity index (χ1v) is 2.91. The third kappa shape index (κ3) is 0.951. The van der Waals surface area contributed by atoms with E-state index in [1.54, 1.807) is 0 Å². The van der Waals surface area contributed by atoms with E-state index in [-0.39, 0.29) is 6.17 Å². The molecule has 0 aromatic heterocycles. The van der Waals surface area contributed by atoms with Crippen molar-refractivity contribution in [3.63, 3.8) is 0 Å². The van der Waals surface area contributed by atoms with Crippen molar-refractivity contribution in [1.82, 2.24) is 4.42 Å². The van der Waals surface area contributed by atoms with E-state index >= 15 is 0 Å². The minimum atomic E-state index is -0.438. The molecule has 4 heteroatoms. The van der Waals surface area contributed by atoms with Gasteiger partial charge in [0.05, 0.1) is 12.3 Å². The summed E-state index contributed by atoms with van der Waals surface area (Å²) in [5.41, 5.74) is 5.37. The summed E-state index contributed by atoms with van der Waals surface area (Å²) >= 11 is 5.51. The van der Waals surface area contributed by atoms with Gasteiger partial charge in [-0.3, -0.25) is 0 Å². The summed E-state index contributed by atoms with van der Waals surface area (Å²) in [6.07, 6.45) is -0.117. The number of hydrogen-bond donors (Lipinski definition) is 2. The molecule has 1 fully saturated rings. The number of rotatable bonds is 0. The highest BCUT2D eigenvalue weighted by molar-refractivity contribution is 6.13. The van der Waals surface area contributed by atoms with Gasteiger partial charge < -0.3 is 10.8 Å². The van der Waals surface area contributed by atoms with Crippen LogP contribution in [0.15, 0.2) is 0 Å². The summed E-state index contributed by atoms with van der Waals surface area (Å²) < 4.78 is 1.42. The minimum Gasteiger partial charge on any atom is -0.390 e. The molecule has 0 aromatic rings. The number of nitrogens with two attached hydrogens (primary N) is 1. The Hall–Kier alpha value is 0.170. The predicted molar refractivity (Wildman–Crippen MR) is 31.2 cm³/mol. The summed E-state index contributed by atoms with van der Waals surface area (Å²) in [7, 11) is 0. The highest BCUT2D eigenvalue weighted by Gasteiger charge is 2.27. The fraction of sp³-hybridized carbons (Fsp3) is 1.00. The van der Waals surface area contributed by atoms with Gasteiger partial charge in [0.1, 0.15) is 0 Å². The van der Waals surface area contributed by atoms with E-state index in [1.807, 2.05) is 0 Å². The average molecular weight is 137 g/mol. The number of aliphatic hydroxyl groups is 1. The third-order valence-electron chi connectivity index (χ3n) is 1.36. The molecule has 0 aliphatic carbocycles. The second kappa shape index (κ2) is 2.19. The second-order valence-corrected chi connectivity index (χ2v) is 2.40. The van der Waals surface area contributed by atoms with Crippen molar-refractivity contribution < 1.29 is 5.11 Å². The van der Waals surface area contributed by atoms with Gasteiger partial charge in [-0.25, -0.2) is 4.42 Å². The summed E-state index contributed by atoms with van der Waals surface area (Å²) in [6, 6.07) is 0. The molecule has 2 atom stereocenters. The summed E-state index contributed by atoms with van der Waals surface area (Å²) in [5, 5.41) is 8.92. The lowest BCUT2D eigenvalue weighted by Gasteiger charge is -2.12. The summed E-state index contributed by atoms with van der Waals surface area (Å²) in [6.45, 7) is 0.684. The molecule has 1 heterocycles. The van der Waals surface area contributed by atoms with Gasteiger partial charge in [-0.05, 0) is 18.2 Å². The zero-order chi connectivity index (χ0) is 6.15. The van der Waals surface area contributed by atoms with Crippen LogP contribution in [0.3, 0.4) is 0 Å². The van der Waals surface area contributed by atoms with Gasteiger partial charge in [-0.1, -0.05) is 0 Å². The van der Waals surface area contributed by atoms with Gasteiger partial charge in [0.25, 0.3) is 0 Å². The average Bonchev–Trinajstić information content (AvgIpc) is 1.98. The van der Waals surface area contributed by atoms with Crippen LogP contribution in [0.25, 0.3) is 0 Å². The smallest absolute Gasteiger partial charge is 0.0980 e. The van der Waals surface area contributed by atoms with Crippen LogP contribution in [0.2, 0.25) is 0 Å². The molecule has 1 saturated heterocycles. The molecule has 3 nitrogen and oxygen atoms in total. The van der Waals surface area contributed by atoms with E-state index in [2.05, 4.69) is 0 Å². The van der Waals surface area contributed by atoms with Crippen LogP contribution in [0.1, 0.15) is 6.42 Å². The van der Waals surface area contributed by atoms with Gasteiger partial charge in [0.2, 0.25) is 0 Å². The molecule has 2 unspecified atom stereocenters. The van der Waals surface area contributed by atoms with Crippen molar-refractivity contribution in [2.45, 2.75) is 18.7 Å². The van der Waals surface area contributed by atoms with Crippen LogP contribution < -0.4 is 5.73 Å². The van der Waals surface area contributed by atoms with Crippen LogP contribution in [-0.4, -0.2) is 28.3 Å². The molecule has 1 aliphatic heterocycles. The fourth-order valence-electron chi connectivity index (χ4n) is 0.762. The van der Waals surface area contributed by atoms with Crippen molar-refractivity contribution >= 4 is 11.8 Å². The van der Waals surface area contributed by atoms with Gasteiger partial charge >= 0.3 is 0 Å². The molecule has 3 N–H and O–H groups in total. The molecule has 0 bridgehead atoms. The lowest BCUT2D eigenvalue weighted by Crippen LogP contribution is -2.37. The van der Waals surface area contributed by atoms with Crippen molar-refractivity contribution in [3.8, 4) is 0 Å². The minimum absolute atomic E-state index is 0.364. The molecule has 48 valence electrons. The van der Waals surface area contributed by atoms with E-state index in [0.717, 1.165) is 0 Å². The quantitative estimate of drug-likeness (QED) is 0.441. The van der Waals surface area contributed by atoms with Gasteiger partial charge in [0.15, 0.2) is 0 Å². The first kappa shape index (κ1) is 6.29. The highest BCUT2D eigenvalue weighted by atomic mass is 35.5. The molecule has 0 amide bonds. The highest BCUT2D eigenvalue weighted by Crippen LogP contribution is 2.14. The Morgan fingerprint density at radius 3 is 2.50 bits per heavy atom. The maximum Gasteiger partial charge on any atom is 0.0980 e. The summed E-state index contributed by atoms with van der Waals surface area (Å²) in [5.74, 6) is 0. The summed E-state index contributed by atoms with van der Waals surface area (Å²) in [4.78, 5) is 0. The third-order valence-corrected chi connectivity index (χ3v) is 1.75. The Labute approximate surface area is 53.1 Å². The molecule has 0 spiro atoms. The van der Waals surface area contributed by atoms with Crippen molar-refractivity contribution in [2.75, 3.05) is 6.54 Å². The Morgan fingerprint density at radius 2 is 2.38 bits per heavy atom. The lowest BCUT2D eigenvalue weighted by atomic mass is 10.3. The second-order valence-electron chi connectivity index (χ2n) is 1.97. The van der Waals surface area contributed by atoms with Crippen LogP contribution in [0.5, 0.6) is 0 Å². The van der Waals surface area contributed by atoms with E-state index < -0.39 is 6.10 Å². The van der Waals surface area contributed by atoms with Crippen molar-refractivity contribution in [3.05, 3.63) is 0 Å². The Kier molecular flexibility index (Phi) is 1.72. The molecule has 1 rings (SSSR count). The standard InChI is InChI=1S/C4H9ClN2O/c5-7-2-1-3(8)4(7)6/h3-4,8H,1-2,6H2. The zero-order valence-electron chi connectivity index (χ0n) is 4.42. The predicted octanol–water partition coefficient (Wildman–Crippen LogP) is -0.508.